The van der Waals surface area contributed by atoms with Gasteiger partial charge in [0.2, 0.25) is 5.91 Å². The molecule has 1 aliphatic carbocycles. The topological polar surface area (TPSA) is 52.9 Å². The van der Waals surface area contributed by atoms with Gasteiger partial charge in [-0.05, 0) is 26.7 Å². The van der Waals surface area contributed by atoms with Gasteiger partial charge in [0, 0.05) is 6.04 Å². The van der Waals surface area contributed by atoms with E-state index < -0.39 is 5.41 Å². The summed E-state index contributed by atoms with van der Waals surface area (Å²) in [6.45, 7) is 3.26. The van der Waals surface area contributed by atoms with E-state index in [2.05, 4.69) is 5.32 Å². The maximum Gasteiger partial charge on any atom is 0.240 e. The predicted octanol–water partition coefficient (Wildman–Crippen LogP) is 0.815. The minimum atomic E-state index is -0.872. The smallest absolute Gasteiger partial charge is 0.240 e. The van der Waals surface area contributed by atoms with Crippen molar-refractivity contribution in [1.82, 2.24) is 5.32 Å². The zero-order valence-corrected chi connectivity index (χ0v) is 6.85. The molecule has 0 spiro atoms. The Balaban J connectivity index is 2.46. The molecule has 60 valence electrons. The highest BCUT2D eigenvalue weighted by molar-refractivity contribution is 5.84. The van der Waals surface area contributed by atoms with E-state index in [0.717, 1.165) is 12.8 Å². The molecule has 0 radical (unpaired) electrons. The van der Waals surface area contributed by atoms with Gasteiger partial charge in [0.05, 0.1) is 6.07 Å². The first-order valence-electron chi connectivity index (χ1n) is 3.78. The Morgan fingerprint density at radius 1 is 1.64 bits per heavy atom. The number of nitriles is 1. The average Bonchev–Trinajstić information content (AvgIpc) is 2.72. The summed E-state index contributed by atoms with van der Waals surface area (Å²) in [6.07, 6.45) is 2.13. The third kappa shape index (κ3) is 1.94. The zero-order valence-electron chi connectivity index (χ0n) is 6.85. The van der Waals surface area contributed by atoms with Gasteiger partial charge < -0.3 is 5.32 Å². The molecule has 1 fully saturated rings. The van der Waals surface area contributed by atoms with Crippen LogP contribution in [0.4, 0.5) is 0 Å². The Labute approximate surface area is 66.4 Å². The van der Waals surface area contributed by atoms with E-state index in [-0.39, 0.29) is 5.91 Å². The number of carbonyl (C=O) groups excluding carboxylic acids is 1. The minimum absolute atomic E-state index is 0.150. The number of rotatable bonds is 2. The Kier molecular flexibility index (Phi) is 1.86. The van der Waals surface area contributed by atoms with Gasteiger partial charge in [-0.3, -0.25) is 4.79 Å². The number of carbonyl (C=O) groups is 1. The van der Waals surface area contributed by atoms with Crippen molar-refractivity contribution in [1.29, 1.82) is 5.26 Å². The quantitative estimate of drug-likeness (QED) is 0.636. The van der Waals surface area contributed by atoms with Gasteiger partial charge in [0.25, 0.3) is 0 Å². The summed E-state index contributed by atoms with van der Waals surface area (Å²) in [6, 6.07) is 2.30. The van der Waals surface area contributed by atoms with Crippen LogP contribution in [0.5, 0.6) is 0 Å². The number of amides is 1. The second-order valence-corrected chi connectivity index (χ2v) is 3.48. The zero-order chi connectivity index (χ0) is 8.48. The second kappa shape index (κ2) is 2.54. The van der Waals surface area contributed by atoms with Crippen molar-refractivity contribution in [3.8, 4) is 6.07 Å². The highest BCUT2D eigenvalue weighted by Gasteiger charge is 2.32. The van der Waals surface area contributed by atoms with Crippen LogP contribution in [0.25, 0.3) is 0 Å². The molecule has 1 aliphatic rings. The standard InChI is InChI=1S/C8H12N2O/c1-8(2,5-9)7(11)10-6-3-4-6/h6H,3-4H2,1-2H3,(H,10,11). The van der Waals surface area contributed by atoms with Crippen molar-refractivity contribution in [2.45, 2.75) is 32.7 Å². The summed E-state index contributed by atoms with van der Waals surface area (Å²) in [4.78, 5) is 11.2. The van der Waals surface area contributed by atoms with Gasteiger partial charge in [-0.2, -0.15) is 5.26 Å². The summed E-state index contributed by atoms with van der Waals surface area (Å²) >= 11 is 0. The van der Waals surface area contributed by atoms with E-state index in [4.69, 9.17) is 5.26 Å². The van der Waals surface area contributed by atoms with Gasteiger partial charge in [-0.25, -0.2) is 0 Å². The molecule has 0 heterocycles. The van der Waals surface area contributed by atoms with Crippen molar-refractivity contribution in [2.24, 2.45) is 5.41 Å². The third-order valence-electron chi connectivity index (χ3n) is 1.76. The molecular weight excluding hydrogens is 140 g/mol. The average molecular weight is 152 g/mol. The number of nitrogens with one attached hydrogen (secondary N) is 1. The van der Waals surface area contributed by atoms with Crippen LogP contribution in [0.15, 0.2) is 0 Å². The summed E-state index contributed by atoms with van der Waals surface area (Å²) in [7, 11) is 0. The van der Waals surface area contributed by atoms with Crippen molar-refractivity contribution in [3.05, 3.63) is 0 Å². The maximum atomic E-state index is 11.2. The van der Waals surface area contributed by atoms with Crippen LogP contribution in [0.2, 0.25) is 0 Å². The summed E-state index contributed by atoms with van der Waals surface area (Å²) in [5.41, 5.74) is -0.872. The Hall–Kier alpha value is -1.04. The molecule has 0 aromatic rings. The molecule has 1 saturated carbocycles. The van der Waals surface area contributed by atoms with Crippen LogP contribution in [0.3, 0.4) is 0 Å². The molecule has 1 rings (SSSR count). The molecule has 1 amide bonds. The number of nitrogens with zero attached hydrogens (tertiary/aromatic N) is 1. The third-order valence-corrected chi connectivity index (χ3v) is 1.76. The van der Waals surface area contributed by atoms with Gasteiger partial charge in [0.15, 0.2) is 0 Å². The largest absolute Gasteiger partial charge is 0.352 e. The molecule has 0 saturated heterocycles. The van der Waals surface area contributed by atoms with E-state index in [1.165, 1.54) is 0 Å². The van der Waals surface area contributed by atoms with Crippen molar-refractivity contribution in [2.75, 3.05) is 0 Å². The normalized spacial score (nSPS) is 17.2. The Morgan fingerprint density at radius 2 is 2.18 bits per heavy atom. The van der Waals surface area contributed by atoms with Crippen LogP contribution >= 0.6 is 0 Å². The first-order valence-corrected chi connectivity index (χ1v) is 3.78. The first kappa shape index (κ1) is 8.06. The van der Waals surface area contributed by atoms with E-state index in [0.29, 0.717) is 6.04 Å². The highest BCUT2D eigenvalue weighted by atomic mass is 16.2. The molecule has 3 nitrogen and oxygen atoms in total. The van der Waals surface area contributed by atoms with Crippen LogP contribution in [0, 0.1) is 16.7 Å². The molecular formula is C8H12N2O. The highest BCUT2D eigenvalue weighted by Crippen LogP contribution is 2.21. The SMILES string of the molecule is CC(C)(C#N)C(=O)NC1CC1. The Bertz CT molecular complexity index is 211. The van der Waals surface area contributed by atoms with Gasteiger partial charge in [-0.1, -0.05) is 0 Å². The fraction of sp³-hybridized carbons (Fsp3) is 0.750. The van der Waals surface area contributed by atoms with E-state index in [1.807, 2.05) is 6.07 Å². The number of hydrogen-bond donors (Lipinski definition) is 1. The van der Waals surface area contributed by atoms with E-state index >= 15 is 0 Å². The summed E-state index contributed by atoms with van der Waals surface area (Å²) < 4.78 is 0. The molecule has 0 unspecified atom stereocenters. The fourth-order valence-electron chi connectivity index (χ4n) is 0.644. The molecule has 0 aliphatic heterocycles. The van der Waals surface area contributed by atoms with Crippen molar-refractivity contribution >= 4 is 5.91 Å². The lowest BCUT2D eigenvalue weighted by molar-refractivity contribution is -0.126. The minimum Gasteiger partial charge on any atom is -0.352 e. The van der Waals surface area contributed by atoms with E-state index in [9.17, 15) is 4.79 Å². The molecule has 0 atom stereocenters. The van der Waals surface area contributed by atoms with Crippen molar-refractivity contribution in [3.63, 3.8) is 0 Å². The van der Waals surface area contributed by atoms with Crippen molar-refractivity contribution < 1.29 is 4.79 Å². The second-order valence-electron chi connectivity index (χ2n) is 3.48. The lowest BCUT2D eigenvalue weighted by Gasteiger charge is -2.13. The van der Waals surface area contributed by atoms with Crippen LogP contribution < -0.4 is 5.32 Å². The molecule has 1 N–H and O–H groups in total. The van der Waals surface area contributed by atoms with Crippen LogP contribution in [0.1, 0.15) is 26.7 Å². The molecule has 0 aromatic heterocycles. The van der Waals surface area contributed by atoms with Crippen LogP contribution in [-0.2, 0) is 4.79 Å². The Morgan fingerprint density at radius 3 is 2.55 bits per heavy atom. The summed E-state index contributed by atoms with van der Waals surface area (Å²) in [5.74, 6) is -0.150. The number of hydrogen-bond acceptors (Lipinski definition) is 2. The van der Waals surface area contributed by atoms with Gasteiger partial charge in [-0.15, -0.1) is 0 Å². The summed E-state index contributed by atoms with van der Waals surface area (Å²) in [5, 5.41) is 11.4. The molecule has 11 heavy (non-hydrogen) atoms. The maximum absolute atomic E-state index is 11.2. The van der Waals surface area contributed by atoms with Gasteiger partial charge >= 0.3 is 0 Å². The molecule has 3 heteroatoms. The van der Waals surface area contributed by atoms with Crippen LogP contribution in [-0.4, -0.2) is 11.9 Å². The first-order chi connectivity index (χ1) is 5.06. The molecule has 0 bridgehead atoms. The van der Waals surface area contributed by atoms with Gasteiger partial charge in [0.1, 0.15) is 5.41 Å². The lowest BCUT2D eigenvalue weighted by atomic mass is 9.95. The monoisotopic (exact) mass is 152 g/mol. The molecule has 0 aromatic carbocycles. The fourth-order valence-corrected chi connectivity index (χ4v) is 0.644. The van der Waals surface area contributed by atoms with E-state index in [1.54, 1.807) is 13.8 Å². The lowest BCUT2D eigenvalue weighted by Crippen LogP contribution is -2.37. The predicted molar refractivity (Wildman–Crippen MR) is 40.6 cm³/mol.